The van der Waals surface area contributed by atoms with E-state index in [1.807, 2.05) is 21.1 Å². The Labute approximate surface area is 160 Å². The third-order valence-corrected chi connectivity index (χ3v) is 2.54. The molecule has 1 aliphatic heterocycles. The Kier molecular flexibility index (Phi) is 12.7. The molecule has 1 aliphatic rings. The SMILES string of the molecule is C[N+](C)(C)C[C@@H](O)C(=O)O.NC(C(=O)O)C1=C[NH2+]C=N1.O=C(O)/C=C/C(=O)O. The van der Waals surface area contributed by atoms with E-state index in [-0.39, 0.29) is 6.54 Å². The van der Waals surface area contributed by atoms with E-state index in [0.29, 0.717) is 22.3 Å². The van der Waals surface area contributed by atoms with Crippen molar-refractivity contribution in [1.29, 1.82) is 0 Å². The van der Waals surface area contributed by atoms with Gasteiger partial charge in [0.2, 0.25) is 6.10 Å². The summed E-state index contributed by atoms with van der Waals surface area (Å²) in [5.41, 5.74) is 5.62. The zero-order valence-electron chi connectivity index (χ0n) is 15.6. The van der Waals surface area contributed by atoms with Crippen LogP contribution in [-0.4, -0.2) is 100 Å². The van der Waals surface area contributed by atoms with E-state index in [2.05, 4.69) is 4.99 Å². The molecule has 0 saturated heterocycles. The zero-order chi connectivity index (χ0) is 22.5. The molecule has 2 atom stereocenters. The van der Waals surface area contributed by atoms with Crippen molar-refractivity contribution in [2.45, 2.75) is 12.1 Å². The van der Waals surface area contributed by atoms with Gasteiger partial charge in [-0.2, -0.15) is 0 Å². The summed E-state index contributed by atoms with van der Waals surface area (Å²) in [7, 11) is 5.48. The standard InChI is InChI=1S/C6H13NO3.C5H7N3O2.C4H4O4/c1-7(2,3)4-5(8)6(9)10;6-4(5(9)10)3-1-7-2-8-3;5-3(6)1-2-4(7)8/h5,8H,4H2,1-3H3;1-2,4H,6H2,(H,7,8)(H,9,10);1-2H,(H,5,6)(H,7,8)/p+2/b;;2-1+/t5-;;/m1../s1. The second-order valence-corrected chi connectivity index (χ2v) is 6.21. The summed E-state index contributed by atoms with van der Waals surface area (Å²) >= 11 is 0. The summed E-state index contributed by atoms with van der Waals surface area (Å²) in [6.07, 6.45) is 2.96. The van der Waals surface area contributed by atoms with Gasteiger partial charge in [-0.15, -0.1) is 0 Å². The fourth-order valence-electron chi connectivity index (χ4n) is 1.36. The maximum absolute atomic E-state index is 10.2. The predicted molar refractivity (Wildman–Crippen MR) is 95.1 cm³/mol. The Hall–Kier alpha value is -3.13. The molecule has 158 valence electrons. The zero-order valence-corrected chi connectivity index (χ0v) is 15.6. The van der Waals surface area contributed by atoms with Crippen molar-refractivity contribution in [2.75, 3.05) is 27.7 Å². The summed E-state index contributed by atoms with van der Waals surface area (Å²) < 4.78 is 0.452. The highest BCUT2D eigenvalue weighted by Gasteiger charge is 2.21. The van der Waals surface area contributed by atoms with Crippen molar-refractivity contribution >= 4 is 30.2 Å². The number of rotatable bonds is 7. The molecule has 0 aromatic carbocycles. The molecule has 0 amide bonds. The van der Waals surface area contributed by atoms with Crippen molar-refractivity contribution in [1.82, 2.24) is 0 Å². The number of carboxylic acid groups (broad SMARTS) is 4. The summed E-state index contributed by atoms with van der Waals surface area (Å²) in [4.78, 5) is 43.2. The normalized spacial score (nSPS) is 14.7. The Morgan fingerprint density at radius 3 is 1.75 bits per heavy atom. The van der Waals surface area contributed by atoms with E-state index in [1.54, 1.807) is 11.5 Å². The van der Waals surface area contributed by atoms with Crippen molar-refractivity contribution < 1.29 is 54.5 Å². The number of aliphatic hydroxyl groups excluding tert-OH is 1. The number of carbonyl (C=O) groups is 4. The van der Waals surface area contributed by atoms with Gasteiger partial charge in [0.05, 0.1) is 21.1 Å². The number of quaternary nitrogens is 2. The Morgan fingerprint density at radius 2 is 1.54 bits per heavy atom. The van der Waals surface area contributed by atoms with Gasteiger partial charge in [0.1, 0.15) is 18.4 Å². The third-order valence-electron chi connectivity index (χ3n) is 2.54. The lowest BCUT2D eigenvalue weighted by atomic mass is 10.2. The molecule has 0 aliphatic carbocycles. The van der Waals surface area contributed by atoms with Crippen LogP contribution in [0.4, 0.5) is 0 Å². The average molecular weight is 406 g/mol. The van der Waals surface area contributed by atoms with Gasteiger partial charge >= 0.3 is 23.9 Å². The van der Waals surface area contributed by atoms with Crippen molar-refractivity contribution in [3.05, 3.63) is 24.0 Å². The number of aliphatic hydroxyl groups is 1. The molecular formula is C15H26N4O9+2. The molecule has 0 saturated carbocycles. The molecular weight excluding hydrogens is 380 g/mol. The maximum Gasteiger partial charge on any atom is 0.338 e. The van der Waals surface area contributed by atoms with Crippen LogP contribution >= 0.6 is 0 Å². The van der Waals surface area contributed by atoms with Gasteiger partial charge in [0.25, 0.3) is 0 Å². The number of hydrogen-bond donors (Lipinski definition) is 7. The summed E-state index contributed by atoms with van der Waals surface area (Å²) in [5, 5.41) is 42.8. The largest absolute Gasteiger partial charge is 0.480 e. The molecule has 13 heteroatoms. The van der Waals surface area contributed by atoms with Gasteiger partial charge in [-0.25, -0.2) is 19.4 Å². The second kappa shape index (κ2) is 13.1. The average Bonchev–Trinajstić information content (AvgIpc) is 3.06. The van der Waals surface area contributed by atoms with Crippen molar-refractivity contribution in [3.8, 4) is 0 Å². The molecule has 28 heavy (non-hydrogen) atoms. The van der Waals surface area contributed by atoms with Gasteiger partial charge < -0.3 is 35.7 Å². The minimum absolute atomic E-state index is 0.231. The van der Waals surface area contributed by atoms with E-state index in [9.17, 15) is 19.2 Å². The number of nitrogens with zero attached hydrogens (tertiary/aromatic N) is 2. The molecule has 0 fully saturated rings. The number of likely N-dealkylation sites (N-methyl/N-ethyl adjacent to an activating group) is 1. The molecule has 0 aromatic rings. The quantitative estimate of drug-likeness (QED) is 0.164. The van der Waals surface area contributed by atoms with Crippen LogP contribution in [0.5, 0.6) is 0 Å². The highest BCUT2D eigenvalue weighted by atomic mass is 16.4. The third kappa shape index (κ3) is 16.3. The first-order chi connectivity index (χ1) is 12.7. The minimum Gasteiger partial charge on any atom is -0.480 e. The van der Waals surface area contributed by atoms with Gasteiger partial charge in [0.15, 0.2) is 12.4 Å². The first kappa shape index (κ1) is 27.1. The fourth-order valence-corrected chi connectivity index (χ4v) is 1.36. The monoisotopic (exact) mass is 406 g/mol. The van der Waals surface area contributed by atoms with Crippen molar-refractivity contribution in [3.63, 3.8) is 0 Å². The van der Waals surface area contributed by atoms with Crippen LogP contribution in [0.25, 0.3) is 0 Å². The van der Waals surface area contributed by atoms with E-state index >= 15 is 0 Å². The van der Waals surface area contributed by atoms with E-state index in [4.69, 9.17) is 31.3 Å². The van der Waals surface area contributed by atoms with Gasteiger partial charge in [-0.05, 0) is 0 Å². The lowest BCUT2D eigenvalue weighted by Crippen LogP contribution is -2.74. The number of aliphatic carboxylic acids is 4. The lowest BCUT2D eigenvalue weighted by Gasteiger charge is -2.24. The molecule has 13 nitrogen and oxygen atoms in total. The number of nitrogens with two attached hydrogens (primary N) is 2. The maximum atomic E-state index is 10.2. The van der Waals surface area contributed by atoms with Crippen LogP contribution in [-0.2, 0) is 19.2 Å². The highest BCUT2D eigenvalue weighted by Crippen LogP contribution is 1.99. The Balaban J connectivity index is 0. The number of carboxylic acids is 4. The van der Waals surface area contributed by atoms with Crippen LogP contribution in [0.1, 0.15) is 0 Å². The summed E-state index contributed by atoms with van der Waals surface area (Å²) in [6, 6.07) is -0.991. The summed E-state index contributed by atoms with van der Waals surface area (Å²) in [5.74, 6) is -4.73. The number of hydrogen-bond acceptors (Lipinski definition) is 7. The predicted octanol–water partition coefficient (Wildman–Crippen LogP) is -3.31. The fraction of sp³-hybridized carbons (Fsp3) is 0.400. The molecule has 1 rings (SSSR count). The Morgan fingerprint density at radius 1 is 1.07 bits per heavy atom. The molecule has 0 aromatic heterocycles. The molecule has 0 bridgehead atoms. The highest BCUT2D eigenvalue weighted by molar-refractivity contribution is 5.89. The second-order valence-electron chi connectivity index (χ2n) is 6.21. The van der Waals surface area contributed by atoms with Gasteiger partial charge in [-0.1, -0.05) is 0 Å². The van der Waals surface area contributed by atoms with Crippen LogP contribution in [0.15, 0.2) is 29.0 Å². The summed E-state index contributed by atoms with van der Waals surface area (Å²) in [6.45, 7) is 0.231. The van der Waals surface area contributed by atoms with Gasteiger partial charge in [-0.3, -0.25) is 10.1 Å². The molecule has 9 N–H and O–H groups in total. The van der Waals surface area contributed by atoms with Crippen LogP contribution in [0, 0.1) is 0 Å². The first-order valence-electron chi connectivity index (χ1n) is 7.58. The molecule has 1 unspecified atom stereocenters. The van der Waals surface area contributed by atoms with Crippen LogP contribution < -0.4 is 11.1 Å². The molecule has 0 spiro atoms. The Bertz CT molecular complexity index is 634. The van der Waals surface area contributed by atoms with Gasteiger partial charge in [0, 0.05) is 12.2 Å². The molecule has 0 radical (unpaired) electrons. The topological polar surface area (TPSA) is 224 Å². The minimum atomic E-state index is -1.26. The smallest absolute Gasteiger partial charge is 0.338 e. The van der Waals surface area contributed by atoms with E-state index < -0.39 is 36.0 Å². The van der Waals surface area contributed by atoms with Crippen LogP contribution in [0.3, 0.4) is 0 Å². The number of aliphatic imine (C=N–C) groups is 1. The first-order valence-corrected chi connectivity index (χ1v) is 7.58. The van der Waals surface area contributed by atoms with Crippen LogP contribution in [0.2, 0.25) is 0 Å². The molecule has 1 heterocycles. The lowest BCUT2D eigenvalue weighted by molar-refractivity contribution is -0.872. The van der Waals surface area contributed by atoms with Crippen molar-refractivity contribution in [2.24, 2.45) is 10.7 Å². The van der Waals surface area contributed by atoms with E-state index in [0.717, 1.165) is 0 Å². The van der Waals surface area contributed by atoms with E-state index in [1.165, 1.54) is 6.34 Å².